The van der Waals surface area contributed by atoms with Gasteiger partial charge in [-0.05, 0) is 20.3 Å². The lowest BCUT2D eigenvalue weighted by Crippen LogP contribution is -2.17. The third-order valence-electron chi connectivity index (χ3n) is 0.922. The number of nitrogens with two attached hydrogens (primary N) is 1. The summed E-state index contributed by atoms with van der Waals surface area (Å²) in [5.74, 6) is 0. The molecular weight excluding hydrogens is 102 g/mol. The normalized spacial score (nSPS) is 13.9. The fourth-order valence-corrected chi connectivity index (χ4v) is 0.414. The van der Waals surface area contributed by atoms with E-state index in [9.17, 15) is 0 Å². The van der Waals surface area contributed by atoms with Crippen LogP contribution in [0.15, 0.2) is 0 Å². The van der Waals surface area contributed by atoms with Crippen LogP contribution in [0.2, 0.25) is 0 Å². The number of hydrogen-bond acceptors (Lipinski definition) is 2. The topological polar surface area (TPSA) is 35.2 Å². The standard InChI is InChI=1S/C6H15NO/c1-3-8-5-4-6(2)7/h6H,3-5,7H2,1-2H3/t6-/m0/s1. The second-order valence-electron chi connectivity index (χ2n) is 1.96. The van der Waals surface area contributed by atoms with Crippen LogP contribution in [-0.2, 0) is 4.74 Å². The molecule has 0 saturated heterocycles. The van der Waals surface area contributed by atoms with Crippen molar-refractivity contribution in [2.75, 3.05) is 13.2 Å². The summed E-state index contributed by atoms with van der Waals surface area (Å²) in [6, 6.07) is 0.279. The van der Waals surface area contributed by atoms with Crippen LogP contribution in [0.5, 0.6) is 0 Å². The smallest absolute Gasteiger partial charge is 0.0480 e. The molecule has 2 nitrogen and oxygen atoms in total. The highest BCUT2D eigenvalue weighted by atomic mass is 16.5. The van der Waals surface area contributed by atoms with Gasteiger partial charge in [-0.3, -0.25) is 0 Å². The van der Waals surface area contributed by atoms with E-state index in [0.717, 1.165) is 19.6 Å². The zero-order valence-electron chi connectivity index (χ0n) is 5.68. The van der Waals surface area contributed by atoms with Gasteiger partial charge in [-0.1, -0.05) is 0 Å². The van der Waals surface area contributed by atoms with Crippen LogP contribution in [0.25, 0.3) is 0 Å². The van der Waals surface area contributed by atoms with Crippen molar-refractivity contribution in [3.8, 4) is 0 Å². The fourth-order valence-electron chi connectivity index (χ4n) is 0.414. The number of hydrogen-bond donors (Lipinski definition) is 1. The molecule has 0 bridgehead atoms. The van der Waals surface area contributed by atoms with Crippen molar-refractivity contribution >= 4 is 0 Å². The Morgan fingerprint density at radius 3 is 2.62 bits per heavy atom. The summed E-state index contributed by atoms with van der Waals surface area (Å²) in [6.45, 7) is 5.57. The Bertz CT molecular complexity index is 45.8. The second kappa shape index (κ2) is 5.06. The van der Waals surface area contributed by atoms with Crippen molar-refractivity contribution in [3.05, 3.63) is 0 Å². The molecule has 0 heterocycles. The van der Waals surface area contributed by atoms with Crippen molar-refractivity contribution in [1.29, 1.82) is 0 Å². The lowest BCUT2D eigenvalue weighted by atomic mass is 10.3. The average molecular weight is 117 g/mol. The molecule has 0 fully saturated rings. The molecule has 0 aliphatic rings. The molecule has 2 heteroatoms. The quantitative estimate of drug-likeness (QED) is 0.552. The highest BCUT2D eigenvalue weighted by Crippen LogP contribution is 1.85. The SMILES string of the molecule is CCOCC[C@H](C)N. The van der Waals surface area contributed by atoms with Gasteiger partial charge in [-0.15, -0.1) is 0 Å². The van der Waals surface area contributed by atoms with Gasteiger partial charge in [-0.25, -0.2) is 0 Å². The first-order chi connectivity index (χ1) is 3.77. The summed E-state index contributed by atoms with van der Waals surface area (Å²) in [4.78, 5) is 0. The van der Waals surface area contributed by atoms with Crippen molar-refractivity contribution in [1.82, 2.24) is 0 Å². The van der Waals surface area contributed by atoms with Crippen LogP contribution in [0, 0.1) is 0 Å². The maximum absolute atomic E-state index is 5.45. The molecule has 50 valence electrons. The second-order valence-corrected chi connectivity index (χ2v) is 1.96. The van der Waals surface area contributed by atoms with E-state index in [-0.39, 0.29) is 6.04 Å². The van der Waals surface area contributed by atoms with Gasteiger partial charge < -0.3 is 10.5 Å². The summed E-state index contributed by atoms with van der Waals surface area (Å²) in [7, 11) is 0. The van der Waals surface area contributed by atoms with Crippen LogP contribution >= 0.6 is 0 Å². The van der Waals surface area contributed by atoms with Gasteiger partial charge in [0.2, 0.25) is 0 Å². The monoisotopic (exact) mass is 117 g/mol. The van der Waals surface area contributed by atoms with E-state index in [1.54, 1.807) is 0 Å². The van der Waals surface area contributed by atoms with Gasteiger partial charge in [0.05, 0.1) is 0 Å². The number of rotatable bonds is 4. The molecule has 2 N–H and O–H groups in total. The maximum atomic E-state index is 5.45. The molecule has 0 unspecified atom stereocenters. The van der Waals surface area contributed by atoms with Gasteiger partial charge in [0.25, 0.3) is 0 Å². The molecular formula is C6H15NO. The Morgan fingerprint density at radius 2 is 2.25 bits per heavy atom. The molecule has 0 spiro atoms. The van der Waals surface area contributed by atoms with Crippen molar-refractivity contribution in [2.45, 2.75) is 26.3 Å². The van der Waals surface area contributed by atoms with Crippen LogP contribution in [0.1, 0.15) is 20.3 Å². The predicted octanol–water partition coefficient (Wildman–Crippen LogP) is 0.760. The lowest BCUT2D eigenvalue weighted by Gasteiger charge is -2.02. The molecule has 0 saturated carbocycles. The minimum absolute atomic E-state index is 0.279. The van der Waals surface area contributed by atoms with Gasteiger partial charge in [0, 0.05) is 19.3 Å². The van der Waals surface area contributed by atoms with E-state index in [0.29, 0.717) is 0 Å². The van der Waals surface area contributed by atoms with Gasteiger partial charge in [-0.2, -0.15) is 0 Å². The summed E-state index contributed by atoms with van der Waals surface area (Å²) < 4.78 is 5.06. The van der Waals surface area contributed by atoms with Gasteiger partial charge in [0.1, 0.15) is 0 Å². The van der Waals surface area contributed by atoms with E-state index in [1.165, 1.54) is 0 Å². The molecule has 0 amide bonds. The molecule has 0 aromatic rings. The van der Waals surface area contributed by atoms with Gasteiger partial charge in [0.15, 0.2) is 0 Å². The Kier molecular flexibility index (Phi) is 5.01. The third-order valence-corrected chi connectivity index (χ3v) is 0.922. The lowest BCUT2D eigenvalue weighted by molar-refractivity contribution is 0.141. The molecule has 8 heavy (non-hydrogen) atoms. The summed E-state index contributed by atoms with van der Waals surface area (Å²) in [6.07, 6.45) is 0.966. The van der Waals surface area contributed by atoms with Gasteiger partial charge >= 0.3 is 0 Å². The summed E-state index contributed by atoms with van der Waals surface area (Å²) in [5.41, 5.74) is 5.45. The minimum atomic E-state index is 0.279. The Morgan fingerprint density at radius 1 is 1.62 bits per heavy atom. The van der Waals surface area contributed by atoms with Crippen molar-refractivity contribution in [3.63, 3.8) is 0 Å². The van der Waals surface area contributed by atoms with Crippen molar-refractivity contribution < 1.29 is 4.74 Å². The van der Waals surface area contributed by atoms with Crippen LogP contribution in [-0.4, -0.2) is 19.3 Å². The third kappa shape index (κ3) is 5.92. The average Bonchev–Trinajstić information content (AvgIpc) is 1.66. The Labute approximate surface area is 51.0 Å². The Balaban J connectivity index is 2.72. The molecule has 0 radical (unpaired) electrons. The largest absolute Gasteiger partial charge is 0.382 e. The zero-order valence-corrected chi connectivity index (χ0v) is 5.68. The molecule has 0 rings (SSSR count). The van der Waals surface area contributed by atoms with E-state index < -0.39 is 0 Å². The van der Waals surface area contributed by atoms with E-state index in [2.05, 4.69) is 0 Å². The van der Waals surface area contributed by atoms with Crippen molar-refractivity contribution in [2.24, 2.45) is 5.73 Å². The highest BCUT2D eigenvalue weighted by Gasteiger charge is 1.90. The summed E-state index contributed by atoms with van der Waals surface area (Å²) >= 11 is 0. The number of ether oxygens (including phenoxy) is 1. The minimum Gasteiger partial charge on any atom is -0.382 e. The van der Waals surface area contributed by atoms with Crippen LogP contribution < -0.4 is 5.73 Å². The zero-order chi connectivity index (χ0) is 6.41. The van der Waals surface area contributed by atoms with E-state index in [4.69, 9.17) is 10.5 Å². The Hall–Kier alpha value is -0.0800. The molecule has 1 atom stereocenters. The van der Waals surface area contributed by atoms with Crippen LogP contribution in [0.3, 0.4) is 0 Å². The van der Waals surface area contributed by atoms with E-state index >= 15 is 0 Å². The molecule has 0 aromatic heterocycles. The maximum Gasteiger partial charge on any atom is 0.0480 e. The molecule has 0 aliphatic heterocycles. The van der Waals surface area contributed by atoms with Crippen LogP contribution in [0.4, 0.5) is 0 Å². The first kappa shape index (κ1) is 7.92. The highest BCUT2D eigenvalue weighted by molar-refractivity contribution is 4.49. The predicted molar refractivity (Wildman–Crippen MR) is 34.8 cm³/mol. The van der Waals surface area contributed by atoms with E-state index in [1.807, 2.05) is 13.8 Å². The molecule has 0 aliphatic carbocycles. The fraction of sp³-hybridized carbons (Fsp3) is 1.00. The summed E-state index contributed by atoms with van der Waals surface area (Å²) in [5, 5.41) is 0. The molecule has 0 aromatic carbocycles. The first-order valence-electron chi connectivity index (χ1n) is 3.10. The first-order valence-corrected chi connectivity index (χ1v) is 3.10.